The number of carboxylic acid groups (broad SMARTS) is 2. The summed E-state index contributed by atoms with van der Waals surface area (Å²) in [5, 5.41) is 25.2. The molecule has 0 aliphatic heterocycles. The van der Waals surface area contributed by atoms with Gasteiger partial charge < -0.3 is 15.5 Å². The predicted molar refractivity (Wildman–Crippen MR) is 55.7 cm³/mol. The zero-order valence-electron chi connectivity index (χ0n) is 8.28. The number of rotatable bonds is 5. The number of aromatic nitrogens is 2. The molecule has 17 heavy (non-hydrogen) atoms. The van der Waals surface area contributed by atoms with Gasteiger partial charge in [-0.15, -0.1) is 5.10 Å². The highest BCUT2D eigenvalue weighted by molar-refractivity contribution is 7.10. The first kappa shape index (κ1) is 12.8. The highest BCUT2D eigenvalue weighted by atomic mass is 32.1. The van der Waals surface area contributed by atoms with Crippen LogP contribution in [0.1, 0.15) is 6.42 Å². The van der Waals surface area contributed by atoms with Crippen LogP contribution in [-0.2, 0) is 9.59 Å². The molecule has 0 aliphatic carbocycles. The van der Waals surface area contributed by atoms with Gasteiger partial charge in [0, 0.05) is 11.5 Å². The lowest BCUT2D eigenvalue weighted by Crippen LogP contribution is -2.44. The first-order valence-electron chi connectivity index (χ1n) is 4.28. The van der Waals surface area contributed by atoms with Crippen LogP contribution in [0.4, 0.5) is 9.80 Å². The molecule has 1 rings (SSSR count). The maximum Gasteiger partial charge on any atom is 0.326 e. The van der Waals surface area contributed by atoms with Crippen LogP contribution < -0.4 is 10.6 Å². The number of aliphatic carboxylic acids is 2. The number of carboxylic acids is 2. The number of amides is 2. The number of nitrogens with zero attached hydrogens (tertiary/aromatic N) is 2. The number of carbonyl (C=O) groups is 3. The van der Waals surface area contributed by atoms with Crippen molar-refractivity contribution in [1.29, 1.82) is 0 Å². The van der Waals surface area contributed by atoms with Gasteiger partial charge in [0.05, 0.1) is 12.6 Å². The molecule has 1 heterocycles. The molecule has 0 bridgehead atoms. The van der Waals surface area contributed by atoms with Crippen LogP contribution in [0.2, 0.25) is 0 Å². The SMILES string of the molecule is O=C(O)CC(NC(=O)Nc1cnns1)C(=O)O. The van der Waals surface area contributed by atoms with Gasteiger partial charge in [-0.2, -0.15) is 0 Å². The standard InChI is InChI=1S/C7H8N4O5S/c12-5(13)1-3(6(14)15)9-7(16)10-4-2-8-11-17-4/h2-3H,1H2,(H,12,13)(H,14,15)(H2,9,10,16). The zero-order valence-corrected chi connectivity index (χ0v) is 9.10. The molecule has 1 unspecified atom stereocenters. The summed E-state index contributed by atoms with van der Waals surface area (Å²) in [4.78, 5) is 32.3. The molecule has 2 amide bonds. The van der Waals surface area contributed by atoms with Crippen LogP contribution in [0.25, 0.3) is 0 Å². The zero-order chi connectivity index (χ0) is 12.8. The Morgan fingerprint density at radius 2 is 2.12 bits per heavy atom. The van der Waals surface area contributed by atoms with Crippen LogP contribution in [0.3, 0.4) is 0 Å². The van der Waals surface area contributed by atoms with Gasteiger partial charge in [-0.25, -0.2) is 9.59 Å². The third-order valence-corrected chi connectivity index (χ3v) is 2.16. The third-order valence-electron chi connectivity index (χ3n) is 1.58. The molecular formula is C7H8N4O5S. The van der Waals surface area contributed by atoms with Crippen molar-refractivity contribution >= 4 is 34.5 Å². The molecule has 92 valence electrons. The Labute approximate surface area is 98.6 Å². The Kier molecular flexibility index (Phi) is 4.34. The first-order chi connectivity index (χ1) is 7.99. The van der Waals surface area contributed by atoms with Crippen molar-refractivity contribution in [2.75, 3.05) is 5.32 Å². The summed E-state index contributed by atoms with van der Waals surface area (Å²) in [5.41, 5.74) is 0. The molecule has 0 saturated heterocycles. The van der Waals surface area contributed by atoms with E-state index >= 15 is 0 Å². The van der Waals surface area contributed by atoms with E-state index in [0.29, 0.717) is 5.00 Å². The number of urea groups is 1. The molecule has 0 aromatic carbocycles. The number of anilines is 1. The van der Waals surface area contributed by atoms with E-state index in [1.807, 2.05) is 5.32 Å². The summed E-state index contributed by atoms with van der Waals surface area (Å²) < 4.78 is 3.48. The van der Waals surface area contributed by atoms with E-state index in [1.165, 1.54) is 6.20 Å². The van der Waals surface area contributed by atoms with Crippen molar-refractivity contribution < 1.29 is 24.6 Å². The minimum absolute atomic E-state index is 0.321. The van der Waals surface area contributed by atoms with Crippen molar-refractivity contribution in [2.24, 2.45) is 0 Å². The number of carbonyl (C=O) groups excluding carboxylic acids is 1. The fourth-order valence-corrected chi connectivity index (χ4v) is 1.32. The molecule has 9 nitrogen and oxygen atoms in total. The molecule has 1 aromatic rings. The maximum absolute atomic E-state index is 11.3. The molecule has 4 N–H and O–H groups in total. The average Bonchev–Trinajstić information content (AvgIpc) is 2.68. The molecule has 10 heteroatoms. The largest absolute Gasteiger partial charge is 0.481 e. The molecule has 0 fully saturated rings. The monoisotopic (exact) mass is 260 g/mol. The third kappa shape index (κ3) is 4.42. The normalized spacial score (nSPS) is 11.5. The summed E-state index contributed by atoms with van der Waals surface area (Å²) >= 11 is 0.904. The lowest BCUT2D eigenvalue weighted by atomic mass is 10.2. The van der Waals surface area contributed by atoms with E-state index in [2.05, 4.69) is 14.9 Å². The maximum atomic E-state index is 11.3. The number of nitrogens with one attached hydrogen (secondary N) is 2. The molecule has 1 atom stereocenters. The second-order valence-corrected chi connectivity index (χ2v) is 3.65. The summed E-state index contributed by atoms with van der Waals surface area (Å²) in [6.07, 6.45) is 0.570. The summed E-state index contributed by atoms with van der Waals surface area (Å²) in [7, 11) is 0. The topological polar surface area (TPSA) is 142 Å². The van der Waals surface area contributed by atoms with Gasteiger partial charge in [-0.3, -0.25) is 10.1 Å². The van der Waals surface area contributed by atoms with Crippen LogP contribution in [0.15, 0.2) is 6.20 Å². The summed E-state index contributed by atoms with van der Waals surface area (Å²) in [5.74, 6) is -2.75. The fourth-order valence-electron chi connectivity index (χ4n) is 0.903. The number of hydrogen-bond acceptors (Lipinski definition) is 6. The van der Waals surface area contributed by atoms with Crippen molar-refractivity contribution in [3.8, 4) is 0 Å². The summed E-state index contributed by atoms with van der Waals surface area (Å²) in [6.45, 7) is 0. The van der Waals surface area contributed by atoms with Gasteiger partial charge >= 0.3 is 18.0 Å². The van der Waals surface area contributed by atoms with Crippen LogP contribution in [0, 0.1) is 0 Å². The van der Waals surface area contributed by atoms with Gasteiger partial charge in [0.15, 0.2) is 0 Å². The minimum atomic E-state index is -1.49. The minimum Gasteiger partial charge on any atom is -0.481 e. The Morgan fingerprint density at radius 3 is 2.59 bits per heavy atom. The van der Waals surface area contributed by atoms with E-state index in [-0.39, 0.29) is 0 Å². The second-order valence-electron chi connectivity index (χ2n) is 2.87. The lowest BCUT2D eigenvalue weighted by Gasteiger charge is -2.11. The first-order valence-corrected chi connectivity index (χ1v) is 5.06. The Bertz CT molecular complexity index is 420. The Morgan fingerprint density at radius 1 is 1.41 bits per heavy atom. The van der Waals surface area contributed by atoms with Crippen LogP contribution in [0.5, 0.6) is 0 Å². The van der Waals surface area contributed by atoms with E-state index in [0.717, 1.165) is 11.5 Å². The Hall–Kier alpha value is -2.23. The quantitative estimate of drug-likeness (QED) is 0.563. The van der Waals surface area contributed by atoms with Gasteiger partial charge in [-0.05, 0) is 0 Å². The predicted octanol–water partition coefficient (Wildman–Crippen LogP) is -0.413. The fraction of sp³-hybridized carbons (Fsp3) is 0.286. The van der Waals surface area contributed by atoms with E-state index in [9.17, 15) is 14.4 Å². The van der Waals surface area contributed by atoms with Gasteiger partial charge in [-0.1, -0.05) is 4.49 Å². The van der Waals surface area contributed by atoms with E-state index in [4.69, 9.17) is 10.2 Å². The highest BCUT2D eigenvalue weighted by Gasteiger charge is 2.23. The van der Waals surface area contributed by atoms with Crippen molar-refractivity contribution in [3.05, 3.63) is 6.20 Å². The van der Waals surface area contributed by atoms with Crippen molar-refractivity contribution in [3.63, 3.8) is 0 Å². The molecule has 0 aliphatic rings. The molecular weight excluding hydrogens is 252 g/mol. The molecule has 1 aromatic heterocycles. The smallest absolute Gasteiger partial charge is 0.326 e. The highest BCUT2D eigenvalue weighted by Crippen LogP contribution is 2.08. The van der Waals surface area contributed by atoms with Crippen molar-refractivity contribution in [2.45, 2.75) is 12.5 Å². The van der Waals surface area contributed by atoms with Crippen molar-refractivity contribution in [1.82, 2.24) is 14.9 Å². The average molecular weight is 260 g/mol. The van der Waals surface area contributed by atoms with Crippen LogP contribution >= 0.6 is 11.5 Å². The van der Waals surface area contributed by atoms with Crippen LogP contribution in [-0.4, -0.2) is 43.8 Å². The molecule has 0 saturated carbocycles. The summed E-state index contributed by atoms with van der Waals surface area (Å²) in [6, 6.07) is -2.32. The molecule has 0 radical (unpaired) electrons. The van der Waals surface area contributed by atoms with Gasteiger partial charge in [0.2, 0.25) is 0 Å². The lowest BCUT2D eigenvalue weighted by molar-refractivity contribution is -0.145. The second kappa shape index (κ2) is 5.75. The number of hydrogen-bond donors (Lipinski definition) is 4. The van der Waals surface area contributed by atoms with Gasteiger partial charge in [0.1, 0.15) is 11.0 Å². The van der Waals surface area contributed by atoms with E-state index < -0.39 is 30.4 Å². The Balaban J connectivity index is 2.52. The molecule has 0 spiro atoms. The van der Waals surface area contributed by atoms with Gasteiger partial charge in [0.25, 0.3) is 0 Å². The van der Waals surface area contributed by atoms with E-state index in [1.54, 1.807) is 0 Å².